The van der Waals surface area contributed by atoms with Gasteiger partial charge in [0.25, 0.3) is 0 Å². The number of hydrogen-bond donors (Lipinski definition) is 5. The topological polar surface area (TPSA) is 234 Å². The van der Waals surface area contributed by atoms with E-state index < -0.39 is 40.6 Å². The first kappa shape index (κ1) is 87.8. The Morgan fingerprint density at radius 1 is 0.405 bits per heavy atom. The first-order valence-electron chi connectivity index (χ1n) is 35.5. The lowest BCUT2D eigenvalue weighted by Crippen LogP contribution is -2.43. The molecule has 35 heteroatoms. The van der Waals surface area contributed by atoms with Crippen LogP contribution in [0.1, 0.15) is 47.1 Å². The second-order valence-electron chi connectivity index (χ2n) is 25.8. The van der Waals surface area contributed by atoms with E-state index in [1.165, 1.54) is 58.1 Å². The third kappa shape index (κ3) is 23.3. The van der Waals surface area contributed by atoms with Crippen LogP contribution in [0.2, 0.25) is 15.1 Å². The van der Waals surface area contributed by atoms with Crippen LogP contribution >= 0.6 is 110 Å². The Morgan fingerprint density at radius 3 is 1.32 bits per heavy atom. The lowest BCUT2D eigenvalue weighted by Gasteiger charge is -2.30. The SMILES string of the molecule is NC(=Nc1cc(Br)ccc1Br)N1CCS(=O)c2ccc(C(F)(F)F)cc21.NC(=Nc1cc(Br)ccc1Br)N1CCSc2ccc(C(F)(F)F)cc21.NC(=Nc1ccc(Cl)c(Cl)c1)N1CCCc2ccccc21.NC(=Nc1ccccc1Cl)N1CCCc2ccccc21.NC(=Nc1ccccc1OC(F)(F)F)N1CCCc2ccccc21. The number of nitrogens with two attached hydrogens (primary N) is 5. The molecular weight excluding hydrogens is 1880 g/mol. The Kier molecular flexibility index (Phi) is 29.9. The van der Waals surface area contributed by atoms with Gasteiger partial charge < -0.3 is 57.9 Å². The van der Waals surface area contributed by atoms with E-state index >= 15 is 0 Å². The molecule has 0 aromatic heterocycles. The van der Waals surface area contributed by atoms with Crippen molar-refractivity contribution in [2.75, 3.05) is 68.7 Å². The van der Waals surface area contributed by atoms with Crippen molar-refractivity contribution in [3.8, 4) is 5.75 Å². The zero-order valence-electron chi connectivity index (χ0n) is 60.9. The molecule has 116 heavy (non-hydrogen) atoms. The Bertz CT molecular complexity index is 5400. The van der Waals surface area contributed by atoms with Gasteiger partial charge in [0.15, 0.2) is 5.75 Å². The number of fused-ring (bicyclic) bond motifs is 5. The second kappa shape index (κ2) is 39.5. The van der Waals surface area contributed by atoms with E-state index in [2.05, 4.69) is 135 Å². The maximum atomic E-state index is 13.1. The van der Waals surface area contributed by atoms with Gasteiger partial charge in [0.2, 0.25) is 29.8 Å². The maximum Gasteiger partial charge on any atom is 0.573 e. The summed E-state index contributed by atoms with van der Waals surface area (Å²) in [5.41, 5.74) is 39.2. The van der Waals surface area contributed by atoms with Crippen LogP contribution in [0, 0.1) is 0 Å². The van der Waals surface area contributed by atoms with Gasteiger partial charge in [0, 0.05) is 84.1 Å². The number of alkyl halides is 9. The fourth-order valence-corrected chi connectivity index (χ4v) is 16.6. The Hall–Kier alpha value is -8.99. The van der Waals surface area contributed by atoms with Crippen molar-refractivity contribution in [3.63, 3.8) is 0 Å². The van der Waals surface area contributed by atoms with E-state index in [-0.39, 0.29) is 47.3 Å². The fraction of sp³-hybridized carbons (Fsp3) is 0.198. The number of nitrogens with zero attached hydrogens (tertiary/aromatic N) is 10. The molecule has 0 aliphatic carbocycles. The van der Waals surface area contributed by atoms with Gasteiger partial charge in [-0.2, -0.15) is 26.3 Å². The average molecular weight is 1950 g/mol. The molecule has 10 aromatic rings. The van der Waals surface area contributed by atoms with Gasteiger partial charge in [-0.3, -0.25) is 4.21 Å². The van der Waals surface area contributed by atoms with Crippen molar-refractivity contribution in [1.82, 2.24) is 0 Å². The minimum absolute atomic E-state index is 0.0288. The van der Waals surface area contributed by atoms with Gasteiger partial charge in [-0.1, -0.05) is 146 Å². The van der Waals surface area contributed by atoms with E-state index in [1.54, 1.807) is 47.4 Å². The standard InChI is InChI=1S/C17H16F3N3O.C16H12Br2F3N3OS.C16H12Br2F3N3S.C16H15Cl2N3.C16H16ClN3/c18-17(19,20)24-15-10-4-2-8-13(15)22-16(21)23-11-5-7-12-6-1-3-9-14(12)23;17-10-2-3-11(18)12(8-10)23-15(22)24-5-6-26(25)14-4-1-9(7-13(14)24)16(19,20)21;17-10-2-3-11(18)12(8-10)23-15(22)24-5-6-25-14-4-1-9(7-13(14)24)16(19,20)21;17-13-8-7-12(10-14(13)18)20-16(19)21-9-3-5-11-4-1-2-6-15(11)21;17-13-8-2-3-9-14(13)19-16(18)20-11-5-7-12-6-1-4-10-15(12)20/h1-4,6,8-10H,5,7,11H2,(H2,21,22);1-4,7-8H,5-6H2,(H2,22,23);1-4,7-8H,5-6H2,(H2,22,23);1-2,4,6-8,10H,3,5,9H2,(H2,19,20);1-4,6,8-10H,5,7,11H2,(H2,18,19). The third-order valence-corrected chi connectivity index (χ3v) is 23.9. The van der Waals surface area contributed by atoms with Crippen molar-refractivity contribution in [3.05, 3.63) is 273 Å². The van der Waals surface area contributed by atoms with Crippen LogP contribution in [0.25, 0.3) is 0 Å². The van der Waals surface area contributed by atoms with Gasteiger partial charge >= 0.3 is 18.7 Å². The van der Waals surface area contributed by atoms with Crippen molar-refractivity contribution in [2.45, 2.75) is 67.0 Å². The molecule has 15 rings (SSSR count). The zero-order chi connectivity index (χ0) is 83.2. The lowest BCUT2D eigenvalue weighted by molar-refractivity contribution is -0.274. The van der Waals surface area contributed by atoms with Crippen molar-refractivity contribution in [1.29, 1.82) is 0 Å². The number of hydrogen-bond acceptors (Lipinski definition) is 8. The molecule has 10 aromatic carbocycles. The summed E-state index contributed by atoms with van der Waals surface area (Å²) in [6, 6.07) is 60.4. The van der Waals surface area contributed by atoms with Gasteiger partial charge in [-0.25, -0.2) is 25.0 Å². The first-order valence-corrected chi connectivity index (χ1v) is 42.1. The molecule has 0 saturated heterocycles. The second-order valence-corrected chi connectivity index (χ2v) is 33.3. The number of benzene rings is 10. The molecule has 606 valence electrons. The van der Waals surface area contributed by atoms with Crippen LogP contribution in [-0.4, -0.2) is 84.6 Å². The summed E-state index contributed by atoms with van der Waals surface area (Å²) in [6.45, 7) is 3.11. The van der Waals surface area contributed by atoms with Crippen LogP contribution < -0.4 is 57.9 Å². The monoisotopic (exact) mass is 1940 g/mol. The van der Waals surface area contributed by atoms with Gasteiger partial charge in [-0.05, 0) is 221 Å². The maximum absolute atomic E-state index is 13.1. The van der Waals surface area contributed by atoms with Crippen LogP contribution in [0.15, 0.2) is 265 Å². The summed E-state index contributed by atoms with van der Waals surface area (Å²) in [5, 5.41) is 1.60. The average Bonchev–Trinajstić information content (AvgIpc) is 0.778. The number of thioether (sulfide) groups is 1. The lowest BCUT2D eigenvalue weighted by atomic mass is 10.0. The first-order chi connectivity index (χ1) is 55.3. The smallest absolute Gasteiger partial charge is 0.403 e. The largest absolute Gasteiger partial charge is 0.573 e. The molecule has 5 aliphatic heterocycles. The molecule has 17 nitrogen and oxygen atoms in total. The summed E-state index contributed by atoms with van der Waals surface area (Å²) in [5.74, 6) is 1.88. The molecule has 0 saturated carbocycles. The van der Waals surface area contributed by atoms with E-state index in [1.807, 2.05) is 88.7 Å². The Balaban J connectivity index is 0.000000143. The zero-order valence-corrected chi connectivity index (χ0v) is 71.2. The van der Waals surface area contributed by atoms with Crippen molar-refractivity contribution < 1.29 is 48.5 Å². The highest BCUT2D eigenvalue weighted by Crippen LogP contribution is 2.43. The number of rotatable bonds is 6. The molecule has 0 spiro atoms. The number of halogens is 16. The number of ether oxygens (including phenoxy) is 1. The fourth-order valence-electron chi connectivity index (χ4n) is 12.6. The highest BCUT2D eigenvalue weighted by Gasteiger charge is 2.36. The van der Waals surface area contributed by atoms with Crippen LogP contribution in [0.5, 0.6) is 5.75 Å². The molecule has 5 heterocycles. The molecule has 1 atom stereocenters. The van der Waals surface area contributed by atoms with E-state index in [0.717, 1.165) is 117 Å². The normalized spacial score (nSPS) is 15.7. The summed E-state index contributed by atoms with van der Waals surface area (Å²) in [6.07, 6.45) is -7.54. The number of anilines is 5. The number of aryl methyl sites for hydroxylation is 3. The number of para-hydroxylation sites is 6. The Labute approximate surface area is 718 Å². The van der Waals surface area contributed by atoms with Gasteiger partial charge in [-0.15, -0.1) is 24.9 Å². The number of guanidine groups is 5. The van der Waals surface area contributed by atoms with Crippen molar-refractivity contribution in [2.24, 2.45) is 53.6 Å². The van der Waals surface area contributed by atoms with Crippen LogP contribution in [0.3, 0.4) is 0 Å². The predicted molar refractivity (Wildman–Crippen MR) is 467 cm³/mol. The highest BCUT2D eigenvalue weighted by atomic mass is 79.9. The molecular formula is C81H71Br4Cl3F9N15O2S2. The van der Waals surface area contributed by atoms with Gasteiger partial charge in [0.1, 0.15) is 5.69 Å². The third-order valence-electron chi connectivity index (χ3n) is 18.0. The van der Waals surface area contributed by atoms with Gasteiger partial charge in [0.05, 0.1) is 76.0 Å². The molecule has 0 radical (unpaired) electrons. The van der Waals surface area contributed by atoms with E-state index in [0.29, 0.717) is 83.6 Å². The molecule has 0 amide bonds. The highest BCUT2D eigenvalue weighted by molar-refractivity contribution is 9.11. The summed E-state index contributed by atoms with van der Waals surface area (Å²) in [7, 11) is -1.38. The summed E-state index contributed by atoms with van der Waals surface area (Å²) >= 11 is 33.0. The number of aliphatic imine (C=N–C) groups is 5. The minimum Gasteiger partial charge on any atom is -0.403 e. The molecule has 5 aliphatic rings. The van der Waals surface area contributed by atoms with Crippen LogP contribution in [-0.2, 0) is 42.4 Å². The molecule has 0 fully saturated rings. The van der Waals surface area contributed by atoms with Crippen molar-refractivity contribution >= 4 is 208 Å². The van der Waals surface area contributed by atoms with E-state index in [9.17, 15) is 43.7 Å². The predicted octanol–water partition coefficient (Wildman–Crippen LogP) is 22.7. The molecule has 0 bridgehead atoms. The van der Waals surface area contributed by atoms with E-state index in [4.69, 9.17) is 63.5 Å². The minimum atomic E-state index is -4.78. The van der Waals surface area contributed by atoms with Crippen LogP contribution in [0.4, 0.5) is 96.4 Å². The molecule has 1 unspecified atom stereocenters. The molecule has 10 N–H and O–H groups in total. The quantitative estimate of drug-likeness (QED) is 0.0593. The summed E-state index contributed by atoms with van der Waals surface area (Å²) in [4.78, 5) is 31.9. The summed E-state index contributed by atoms with van der Waals surface area (Å²) < 4.78 is 135. The Morgan fingerprint density at radius 2 is 0.828 bits per heavy atom.